The molecular weight excluding hydrogens is 450 g/mol. The average molecular weight is 474 g/mol. The Kier molecular flexibility index (Phi) is 6.94. The highest BCUT2D eigenvalue weighted by Gasteiger charge is 2.10. The molecule has 5 aromatic rings. The van der Waals surface area contributed by atoms with Crippen LogP contribution in [0.5, 0.6) is 5.75 Å². The van der Waals surface area contributed by atoms with E-state index in [0.29, 0.717) is 12.4 Å². The predicted molar refractivity (Wildman–Crippen MR) is 135 cm³/mol. The van der Waals surface area contributed by atoms with Gasteiger partial charge in [-0.05, 0) is 43.3 Å². The van der Waals surface area contributed by atoms with Crippen molar-refractivity contribution in [1.82, 2.24) is 19.7 Å². The van der Waals surface area contributed by atoms with Gasteiger partial charge in [0.15, 0.2) is 0 Å². The van der Waals surface area contributed by atoms with Crippen molar-refractivity contribution < 1.29 is 9.15 Å². The summed E-state index contributed by atoms with van der Waals surface area (Å²) >= 11 is 0. The number of imidazole rings is 1. The van der Waals surface area contributed by atoms with E-state index in [2.05, 4.69) is 20.5 Å². The molecule has 0 aliphatic heterocycles. The first-order valence-corrected chi connectivity index (χ1v) is 10.6. The molecule has 2 aromatic carbocycles. The number of anilines is 1. The van der Waals surface area contributed by atoms with Crippen molar-refractivity contribution in [2.45, 2.75) is 13.5 Å². The van der Waals surface area contributed by atoms with Crippen LogP contribution in [-0.4, -0.2) is 26.9 Å². The summed E-state index contributed by atoms with van der Waals surface area (Å²) in [5.74, 6) is 3.08. The van der Waals surface area contributed by atoms with Gasteiger partial charge in [0.05, 0.1) is 37.1 Å². The van der Waals surface area contributed by atoms with E-state index < -0.39 is 0 Å². The highest BCUT2D eigenvalue weighted by atomic mass is 35.5. The molecule has 0 radical (unpaired) electrons. The minimum atomic E-state index is 0. The molecular formula is C26H24ClN5O2. The summed E-state index contributed by atoms with van der Waals surface area (Å²) in [6.45, 7) is 2.48. The fraction of sp³-hybridized carbons (Fsp3) is 0.115. The summed E-state index contributed by atoms with van der Waals surface area (Å²) in [5, 5.41) is 12.0. The molecule has 5 rings (SSSR count). The number of halogens is 1. The number of rotatable bonds is 7. The Morgan fingerprint density at radius 3 is 2.50 bits per heavy atom. The second-order valence-corrected chi connectivity index (χ2v) is 7.60. The first-order valence-electron chi connectivity index (χ1n) is 10.6. The van der Waals surface area contributed by atoms with E-state index in [1.165, 1.54) is 0 Å². The molecule has 0 fully saturated rings. The molecule has 0 unspecified atom stereocenters. The predicted octanol–water partition coefficient (Wildman–Crippen LogP) is 5.94. The van der Waals surface area contributed by atoms with Gasteiger partial charge in [-0.2, -0.15) is 0 Å². The average Bonchev–Trinajstić information content (AvgIpc) is 3.52. The molecule has 0 spiro atoms. The van der Waals surface area contributed by atoms with Gasteiger partial charge in [-0.15, -0.1) is 22.6 Å². The molecule has 0 saturated heterocycles. The lowest BCUT2D eigenvalue weighted by Crippen LogP contribution is -2.02. The number of nitrogens with zero attached hydrogens (tertiary/aromatic N) is 4. The molecule has 172 valence electrons. The van der Waals surface area contributed by atoms with Crippen molar-refractivity contribution in [3.63, 3.8) is 0 Å². The van der Waals surface area contributed by atoms with Crippen LogP contribution < -0.4 is 10.1 Å². The molecule has 3 aromatic heterocycles. The van der Waals surface area contributed by atoms with Crippen LogP contribution >= 0.6 is 12.4 Å². The van der Waals surface area contributed by atoms with Gasteiger partial charge in [-0.25, -0.2) is 4.98 Å². The number of aryl methyl sites for hydroxylation is 1. The lowest BCUT2D eigenvalue weighted by molar-refractivity contribution is 0.413. The largest absolute Gasteiger partial charge is 0.495 e. The smallest absolute Gasteiger partial charge is 0.149 e. The molecule has 8 heteroatoms. The molecule has 0 amide bonds. The first-order chi connectivity index (χ1) is 16.2. The van der Waals surface area contributed by atoms with E-state index in [4.69, 9.17) is 9.15 Å². The third-order valence-electron chi connectivity index (χ3n) is 5.29. The van der Waals surface area contributed by atoms with Gasteiger partial charge in [0.1, 0.15) is 23.1 Å². The molecule has 0 bridgehead atoms. The standard InChI is InChI=1S/C26H23N5O2.ClH/c1-18-16-31(17-28-18)23-11-8-20(14-25(23)32-2)22-10-13-26(30-29-22)27-15-21-9-12-24(33-21)19-6-4-3-5-7-19;/h3-14,16-17H,15H2,1-2H3,(H,27,30);1H. The maximum Gasteiger partial charge on any atom is 0.149 e. The Morgan fingerprint density at radius 1 is 0.941 bits per heavy atom. The summed E-state index contributed by atoms with van der Waals surface area (Å²) in [6, 6.07) is 23.8. The number of benzene rings is 2. The van der Waals surface area contributed by atoms with Crippen LogP contribution in [0.25, 0.3) is 28.3 Å². The zero-order chi connectivity index (χ0) is 22.6. The van der Waals surface area contributed by atoms with Gasteiger partial charge >= 0.3 is 0 Å². The number of furan rings is 1. The monoisotopic (exact) mass is 473 g/mol. The highest BCUT2D eigenvalue weighted by Crippen LogP contribution is 2.29. The SMILES string of the molecule is COc1cc(-c2ccc(NCc3ccc(-c4ccccc4)o3)nn2)ccc1-n1cnc(C)c1.Cl. The van der Waals surface area contributed by atoms with E-state index >= 15 is 0 Å². The lowest BCUT2D eigenvalue weighted by atomic mass is 10.1. The van der Waals surface area contributed by atoms with Gasteiger partial charge in [-0.3, -0.25) is 0 Å². The maximum atomic E-state index is 5.93. The van der Waals surface area contributed by atoms with E-state index in [1.807, 2.05) is 90.5 Å². The van der Waals surface area contributed by atoms with Gasteiger partial charge < -0.3 is 19.0 Å². The Labute approximate surface area is 203 Å². The minimum absolute atomic E-state index is 0. The van der Waals surface area contributed by atoms with Gasteiger partial charge in [0, 0.05) is 17.3 Å². The number of ether oxygens (including phenoxy) is 1. The van der Waals surface area contributed by atoms with E-state index in [9.17, 15) is 0 Å². The van der Waals surface area contributed by atoms with Crippen LogP contribution in [0.15, 0.2) is 89.7 Å². The van der Waals surface area contributed by atoms with Crippen LogP contribution in [-0.2, 0) is 6.54 Å². The van der Waals surface area contributed by atoms with Crippen LogP contribution in [0.3, 0.4) is 0 Å². The van der Waals surface area contributed by atoms with Gasteiger partial charge in [0.25, 0.3) is 0 Å². The first kappa shape index (κ1) is 23.1. The van der Waals surface area contributed by atoms with Crippen molar-refractivity contribution >= 4 is 18.2 Å². The number of methoxy groups -OCH3 is 1. The van der Waals surface area contributed by atoms with Crippen LogP contribution in [0, 0.1) is 6.92 Å². The molecule has 0 atom stereocenters. The molecule has 0 saturated carbocycles. The maximum absolute atomic E-state index is 5.93. The van der Waals surface area contributed by atoms with Crippen LogP contribution in [0.2, 0.25) is 0 Å². The Hall–Kier alpha value is -4.10. The third kappa shape index (κ3) is 4.94. The number of hydrogen-bond acceptors (Lipinski definition) is 6. The quantitative estimate of drug-likeness (QED) is 0.315. The van der Waals surface area contributed by atoms with Gasteiger partial charge in [-0.1, -0.05) is 36.4 Å². The molecule has 1 N–H and O–H groups in total. The minimum Gasteiger partial charge on any atom is -0.495 e. The zero-order valence-electron chi connectivity index (χ0n) is 18.8. The lowest BCUT2D eigenvalue weighted by Gasteiger charge is -2.11. The normalized spacial score (nSPS) is 10.5. The van der Waals surface area contributed by atoms with Gasteiger partial charge in [0.2, 0.25) is 0 Å². The topological polar surface area (TPSA) is 78.0 Å². The number of nitrogens with one attached hydrogen (secondary N) is 1. The van der Waals surface area contributed by atoms with E-state index in [-0.39, 0.29) is 12.4 Å². The van der Waals surface area contributed by atoms with E-state index in [0.717, 1.165) is 45.5 Å². The molecule has 7 nitrogen and oxygen atoms in total. The Bertz CT molecular complexity index is 1360. The van der Waals surface area contributed by atoms with Crippen molar-refractivity contribution in [2.24, 2.45) is 0 Å². The zero-order valence-corrected chi connectivity index (χ0v) is 19.6. The van der Waals surface area contributed by atoms with Crippen LogP contribution in [0.4, 0.5) is 5.82 Å². The molecule has 34 heavy (non-hydrogen) atoms. The van der Waals surface area contributed by atoms with E-state index in [1.54, 1.807) is 13.4 Å². The van der Waals surface area contributed by atoms with Crippen molar-refractivity contribution in [2.75, 3.05) is 12.4 Å². The molecule has 0 aliphatic rings. The summed E-state index contributed by atoms with van der Waals surface area (Å²) in [5.41, 5.74) is 4.60. The van der Waals surface area contributed by atoms with Crippen molar-refractivity contribution in [1.29, 1.82) is 0 Å². The van der Waals surface area contributed by atoms with Crippen molar-refractivity contribution in [3.05, 3.63) is 96.8 Å². The summed E-state index contributed by atoms with van der Waals surface area (Å²) < 4.78 is 13.5. The third-order valence-corrected chi connectivity index (χ3v) is 5.29. The number of hydrogen-bond donors (Lipinski definition) is 1. The van der Waals surface area contributed by atoms with Crippen molar-refractivity contribution in [3.8, 4) is 34.0 Å². The Balaban J connectivity index is 0.00000274. The second kappa shape index (κ2) is 10.2. The second-order valence-electron chi connectivity index (χ2n) is 7.60. The highest BCUT2D eigenvalue weighted by molar-refractivity contribution is 5.85. The summed E-state index contributed by atoms with van der Waals surface area (Å²) in [4.78, 5) is 4.29. The van der Waals surface area contributed by atoms with Crippen LogP contribution in [0.1, 0.15) is 11.5 Å². The molecule has 3 heterocycles. The fourth-order valence-corrected chi connectivity index (χ4v) is 3.59. The Morgan fingerprint density at radius 2 is 1.79 bits per heavy atom. The fourth-order valence-electron chi connectivity index (χ4n) is 3.59. The summed E-state index contributed by atoms with van der Waals surface area (Å²) in [7, 11) is 1.66. The molecule has 0 aliphatic carbocycles. The number of aromatic nitrogens is 4. The summed E-state index contributed by atoms with van der Waals surface area (Å²) in [6.07, 6.45) is 3.73.